The van der Waals surface area contributed by atoms with E-state index in [1.54, 1.807) is 7.05 Å². The average Bonchev–Trinajstić information content (AvgIpc) is 2.90. The topological polar surface area (TPSA) is 109 Å². The van der Waals surface area contributed by atoms with Gasteiger partial charge >= 0.3 is 5.97 Å². The van der Waals surface area contributed by atoms with Crippen molar-refractivity contribution in [1.82, 2.24) is 14.2 Å². The van der Waals surface area contributed by atoms with Crippen LogP contribution in [0.5, 0.6) is 0 Å². The number of aliphatic carboxylic acids is 1. The van der Waals surface area contributed by atoms with Crippen molar-refractivity contribution in [2.45, 2.75) is 37.1 Å². The summed E-state index contributed by atoms with van der Waals surface area (Å²) in [5.41, 5.74) is 0.105. The Morgan fingerprint density at radius 2 is 1.87 bits per heavy atom. The number of aromatic nitrogens is 1. The molecule has 1 aromatic rings. The van der Waals surface area contributed by atoms with E-state index in [2.05, 4.69) is 5.32 Å². The molecule has 0 bridgehead atoms. The highest BCUT2D eigenvalue weighted by atomic mass is 32.2. The van der Waals surface area contributed by atoms with Gasteiger partial charge in [-0.05, 0) is 25.8 Å². The third-order valence-electron chi connectivity index (χ3n) is 3.88. The molecule has 1 aliphatic rings. The van der Waals surface area contributed by atoms with Crippen LogP contribution in [0.4, 0.5) is 0 Å². The first-order valence-corrected chi connectivity index (χ1v) is 8.87. The van der Waals surface area contributed by atoms with Crippen LogP contribution in [-0.4, -0.2) is 53.4 Å². The van der Waals surface area contributed by atoms with Gasteiger partial charge in [0.1, 0.15) is 16.6 Å². The Bertz CT molecular complexity index is 704. The molecular weight excluding hydrogens is 322 g/mol. The van der Waals surface area contributed by atoms with Gasteiger partial charge in [0.05, 0.1) is 0 Å². The number of aryl methyl sites for hydroxylation is 1. The number of nitrogens with zero attached hydrogens (tertiary/aromatic N) is 2. The number of hydrogen-bond donors (Lipinski definition) is 2. The summed E-state index contributed by atoms with van der Waals surface area (Å²) in [6, 6.07) is 0.230. The molecule has 2 rings (SSSR count). The van der Waals surface area contributed by atoms with Gasteiger partial charge in [-0.2, -0.15) is 4.31 Å². The number of carboxylic acid groups (broad SMARTS) is 1. The third-order valence-corrected chi connectivity index (χ3v) is 5.75. The number of rotatable bonds is 5. The second kappa shape index (κ2) is 6.71. The zero-order valence-electron chi connectivity index (χ0n) is 13.2. The van der Waals surface area contributed by atoms with E-state index in [9.17, 15) is 18.0 Å². The first kappa shape index (κ1) is 17.5. The standard InChI is InChI=1S/C14H21N3O5S/c1-10(14(19)20)15-13(18)12-8-11(9-16(12)2)23(21,22)17-6-4-3-5-7-17/h8-10H,3-7H2,1-2H3,(H,15,18)(H,19,20)/t10-/m1/s1. The number of hydrogen-bond acceptors (Lipinski definition) is 4. The van der Waals surface area contributed by atoms with Crippen LogP contribution < -0.4 is 5.32 Å². The molecule has 0 saturated carbocycles. The first-order valence-electron chi connectivity index (χ1n) is 7.43. The van der Waals surface area contributed by atoms with E-state index in [1.807, 2.05) is 0 Å². The summed E-state index contributed by atoms with van der Waals surface area (Å²) in [7, 11) is -2.07. The molecule has 2 N–H and O–H groups in total. The molecule has 1 saturated heterocycles. The van der Waals surface area contributed by atoms with Crippen LogP contribution in [0, 0.1) is 0 Å². The lowest BCUT2D eigenvalue weighted by atomic mass is 10.2. The quantitative estimate of drug-likeness (QED) is 0.804. The van der Waals surface area contributed by atoms with Crippen molar-refractivity contribution in [1.29, 1.82) is 0 Å². The molecule has 1 aromatic heterocycles. The number of amides is 1. The Morgan fingerprint density at radius 1 is 1.26 bits per heavy atom. The van der Waals surface area contributed by atoms with Crippen LogP contribution in [0.1, 0.15) is 36.7 Å². The average molecular weight is 343 g/mol. The fourth-order valence-electron chi connectivity index (χ4n) is 2.49. The Morgan fingerprint density at radius 3 is 2.43 bits per heavy atom. The molecule has 0 spiro atoms. The zero-order valence-corrected chi connectivity index (χ0v) is 14.0. The van der Waals surface area contributed by atoms with Crippen LogP contribution in [0.2, 0.25) is 0 Å². The van der Waals surface area contributed by atoms with Crippen LogP contribution >= 0.6 is 0 Å². The molecule has 23 heavy (non-hydrogen) atoms. The predicted molar refractivity (Wildman–Crippen MR) is 82.6 cm³/mol. The number of sulfonamides is 1. The molecule has 1 atom stereocenters. The lowest BCUT2D eigenvalue weighted by Crippen LogP contribution is -2.39. The van der Waals surface area contributed by atoms with Gasteiger partial charge in [0.25, 0.3) is 5.91 Å². The van der Waals surface area contributed by atoms with Gasteiger partial charge in [0.15, 0.2) is 0 Å². The molecular formula is C14H21N3O5S. The van der Waals surface area contributed by atoms with Gasteiger partial charge in [-0.15, -0.1) is 0 Å². The summed E-state index contributed by atoms with van der Waals surface area (Å²) in [5.74, 6) is -1.78. The maximum absolute atomic E-state index is 12.6. The van der Waals surface area contributed by atoms with Gasteiger partial charge in [-0.1, -0.05) is 6.42 Å². The van der Waals surface area contributed by atoms with Crippen LogP contribution in [0.25, 0.3) is 0 Å². The Labute approximate surface area is 135 Å². The molecule has 1 amide bonds. The number of carboxylic acids is 1. The second-order valence-electron chi connectivity index (χ2n) is 5.67. The van der Waals surface area contributed by atoms with Crippen molar-refractivity contribution in [2.75, 3.05) is 13.1 Å². The summed E-state index contributed by atoms with van der Waals surface area (Å²) in [6.45, 7) is 2.30. The van der Waals surface area contributed by atoms with E-state index in [4.69, 9.17) is 5.11 Å². The lowest BCUT2D eigenvalue weighted by Gasteiger charge is -2.25. The number of carbonyl (C=O) groups excluding carboxylic acids is 1. The molecule has 1 fully saturated rings. The summed E-state index contributed by atoms with van der Waals surface area (Å²) in [4.78, 5) is 22.9. The maximum Gasteiger partial charge on any atom is 0.325 e. The minimum Gasteiger partial charge on any atom is -0.480 e. The largest absolute Gasteiger partial charge is 0.480 e. The van der Waals surface area contributed by atoms with Gasteiger partial charge in [-0.3, -0.25) is 9.59 Å². The van der Waals surface area contributed by atoms with E-state index in [-0.39, 0.29) is 10.6 Å². The molecule has 8 nitrogen and oxygen atoms in total. The number of nitrogens with one attached hydrogen (secondary N) is 1. The summed E-state index contributed by atoms with van der Waals surface area (Å²) < 4.78 is 28.0. The van der Waals surface area contributed by atoms with Crippen LogP contribution in [-0.2, 0) is 21.9 Å². The number of carbonyl (C=O) groups is 2. The highest BCUT2D eigenvalue weighted by Crippen LogP contribution is 2.22. The minimum atomic E-state index is -3.63. The Kier molecular flexibility index (Phi) is 5.10. The summed E-state index contributed by atoms with van der Waals surface area (Å²) in [6.07, 6.45) is 4.05. The molecule has 1 aliphatic heterocycles. The summed E-state index contributed by atoms with van der Waals surface area (Å²) >= 11 is 0. The first-order chi connectivity index (χ1) is 10.7. The van der Waals surface area contributed by atoms with Gasteiger partial charge < -0.3 is 15.0 Å². The van der Waals surface area contributed by atoms with Crippen molar-refractivity contribution in [2.24, 2.45) is 7.05 Å². The van der Waals surface area contributed by atoms with Gasteiger partial charge in [-0.25, -0.2) is 8.42 Å². The monoisotopic (exact) mass is 343 g/mol. The smallest absolute Gasteiger partial charge is 0.325 e. The third kappa shape index (κ3) is 3.73. The van der Waals surface area contributed by atoms with E-state index in [0.717, 1.165) is 19.3 Å². The van der Waals surface area contributed by atoms with E-state index in [0.29, 0.717) is 13.1 Å². The molecule has 0 aliphatic carbocycles. The Hall–Kier alpha value is -1.87. The summed E-state index contributed by atoms with van der Waals surface area (Å²) in [5, 5.41) is 11.1. The van der Waals surface area contributed by atoms with E-state index < -0.39 is 27.9 Å². The zero-order chi connectivity index (χ0) is 17.2. The molecule has 0 radical (unpaired) electrons. The minimum absolute atomic E-state index is 0.0510. The molecule has 0 unspecified atom stereocenters. The van der Waals surface area contributed by atoms with Crippen LogP contribution in [0.3, 0.4) is 0 Å². The highest BCUT2D eigenvalue weighted by molar-refractivity contribution is 7.89. The van der Waals surface area contributed by atoms with Crippen LogP contribution in [0.15, 0.2) is 17.2 Å². The second-order valence-corrected chi connectivity index (χ2v) is 7.61. The lowest BCUT2D eigenvalue weighted by molar-refractivity contribution is -0.138. The van der Waals surface area contributed by atoms with Crippen molar-refractivity contribution in [3.63, 3.8) is 0 Å². The van der Waals surface area contributed by atoms with Gasteiger partial charge in [0.2, 0.25) is 10.0 Å². The molecule has 9 heteroatoms. The fraction of sp³-hybridized carbons (Fsp3) is 0.571. The maximum atomic E-state index is 12.6. The highest BCUT2D eigenvalue weighted by Gasteiger charge is 2.28. The Balaban J connectivity index is 2.23. The van der Waals surface area contributed by atoms with Crippen molar-refractivity contribution in [3.8, 4) is 0 Å². The predicted octanol–water partition coefficient (Wildman–Crippen LogP) is 0.403. The van der Waals surface area contributed by atoms with Crippen molar-refractivity contribution >= 4 is 21.9 Å². The molecule has 2 heterocycles. The van der Waals surface area contributed by atoms with Gasteiger partial charge in [0, 0.05) is 26.3 Å². The fourth-order valence-corrected chi connectivity index (χ4v) is 4.08. The number of piperidine rings is 1. The van der Waals surface area contributed by atoms with E-state index >= 15 is 0 Å². The SMILES string of the molecule is C[C@@H](NC(=O)c1cc(S(=O)(=O)N2CCCCC2)cn1C)C(=O)O. The van der Waals surface area contributed by atoms with Crippen molar-refractivity contribution < 1.29 is 23.1 Å². The van der Waals surface area contributed by atoms with Crippen molar-refractivity contribution in [3.05, 3.63) is 18.0 Å². The molecule has 0 aromatic carbocycles. The normalized spacial score (nSPS) is 17.7. The van der Waals surface area contributed by atoms with E-state index in [1.165, 1.54) is 28.1 Å². The molecule has 128 valence electrons.